The summed E-state index contributed by atoms with van der Waals surface area (Å²) in [6.07, 6.45) is 4.43. The molecule has 5 nitrogen and oxygen atoms in total. The highest BCUT2D eigenvalue weighted by Gasteiger charge is 2.50. The van der Waals surface area contributed by atoms with Gasteiger partial charge in [-0.1, -0.05) is 0 Å². The molecule has 0 radical (unpaired) electrons. The fourth-order valence-corrected chi connectivity index (χ4v) is 4.74. The summed E-state index contributed by atoms with van der Waals surface area (Å²) >= 11 is 0. The van der Waals surface area contributed by atoms with E-state index in [0.29, 0.717) is 17.8 Å². The van der Waals surface area contributed by atoms with Gasteiger partial charge in [-0.25, -0.2) is 4.39 Å². The van der Waals surface area contributed by atoms with Crippen LogP contribution in [0.1, 0.15) is 37.7 Å². The Morgan fingerprint density at radius 1 is 1.23 bits per heavy atom. The number of benzene rings is 1. The highest BCUT2D eigenvalue weighted by Crippen LogP contribution is 2.43. The van der Waals surface area contributed by atoms with Crippen LogP contribution < -0.4 is 4.90 Å². The molecule has 1 spiro atoms. The number of amides is 1. The predicted molar refractivity (Wildman–Crippen MR) is 95.2 cm³/mol. The van der Waals surface area contributed by atoms with Crippen LogP contribution in [0.25, 0.3) is 0 Å². The van der Waals surface area contributed by atoms with Crippen LogP contribution >= 0.6 is 0 Å². The van der Waals surface area contributed by atoms with Crippen LogP contribution in [-0.2, 0) is 9.53 Å². The number of hydrogen-bond acceptors (Lipinski definition) is 4. The standard InChI is InChI=1S/C20H24FN3O2/c21-17-12-15(13-22)2-3-18(17)23-8-1-6-20(14-23)7-9-24(19(20)25)16-4-10-26-11-5-16/h2-3,12,16H,1,4-11,14H2/t20-/m0/s1. The molecule has 0 aromatic heterocycles. The number of halogens is 1. The molecule has 3 saturated heterocycles. The van der Waals surface area contributed by atoms with Crippen molar-refractivity contribution < 1.29 is 13.9 Å². The first-order chi connectivity index (χ1) is 12.6. The number of carbonyl (C=O) groups excluding carboxylic acids is 1. The zero-order valence-electron chi connectivity index (χ0n) is 14.9. The summed E-state index contributed by atoms with van der Waals surface area (Å²) in [7, 11) is 0. The Hall–Kier alpha value is -2.13. The number of ether oxygens (including phenoxy) is 1. The Morgan fingerprint density at radius 3 is 2.77 bits per heavy atom. The van der Waals surface area contributed by atoms with Gasteiger partial charge in [-0.2, -0.15) is 5.26 Å². The maximum atomic E-state index is 14.5. The molecule has 26 heavy (non-hydrogen) atoms. The number of nitrogens with zero attached hydrogens (tertiary/aromatic N) is 3. The third-order valence-corrected chi connectivity index (χ3v) is 6.17. The number of nitriles is 1. The number of hydrogen-bond donors (Lipinski definition) is 0. The molecule has 0 aliphatic carbocycles. The van der Waals surface area contributed by atoms with E-state index in [0.717, 1.165) is 58.4 Å². The minimum Gasteiger partial charge on any atom is -0.381 e. The molecule has 1 aromatic carbocycles. The molecule has 0 bridgehead atoms. The molecule has 4 rings (SSSR count). The van der Waals surface area contributed by atoms with Crippen molar-refractivity contribution in [3.8, 4) is 6.07 Å². The number of piperidine rings is 1. The first-order valence-corrected chi connectivity index (χ1v) is 9.46. The zero-order chi connectivity index (χ0) is 18.1. The predicted octanol–water partition coefficient (Wildman–Crippen LogP) is 2.70. The average Bonchev–Trinajstić information content (AvgIpc) is 2.98. The minimum absolute atomic E-state index is 0.239. The smallest absolute Gasteiger partial charge is 0.230 e. The summed E-state index contributed by atoms with van der Waals surface area (Å²) in [5.41, 5.74) is 0.428. The average molecular weight is 357 g/mol. The van der Waals surface area contributed by atoms with E-state index < -0.39 is 5.41 Å². The summed E-state index contributed by atoms with van der Waals surface area (Å²) in [4.78, 5) is 17.3. The lowest BCUT2D eigenvalue weighted by molar-refractivity contribution is -0.139. The molecule has 0 unspecified atom stereocenters. The summed E-state index contributed by atoms with van der Waals surface area (Å²) in [5, 5.41) is 8.93. The highest BCUT2D eigenvalue weighted by atomic mass is 19.1. The third-order valence-electron chi connectivity index (χ3n) is 6.17. The molecule has 3 aliphatic rings. The fraction of sp³-hybridized carbons (Fsp3) is 0.600. The maximum absolute atomic E-state index is 14.5. The number of likely N-dealkylation sites (tertiary alicyclic amines) is 1. The Labute approximate surface area is 153 Å². The van der Waals surface area contributed by atoms with Gasteiger partial charge in [-0.3, -0.25) is 4.79 Å². The van der Waals surface area contributed by atoms with Gasteiger partial charge in [0.15, 0.2) is 0 Å². The van der Waals surface area contributed by atoms with Crippen molar-refractivity contribution >= 4 is 11.6 Å². The molecule has 1 aromatic rings. The summed E-state index contributed by atoms with van der Waals surface area (Å²) in [5.74, 6) is -0.143. The van der Waals surface area contributed by atoms with Gasteiger partial charge in [0.2, 0.25) is 5.91 Å². The third kappa shape index (κ3) is 2.95. The zero-order valence-corrected chi connectivity index (χ0v) is 14.9. The topological polar surface area (TPSA) is 56.6 Å². The van der Waals surface area contributed by atoms with Gasteiger partial charge in [0.05, 0.1) is 22.7 Å². The molecule has 0 saturated carbocycles. The first kappa shape index (κ1) is 17.3. The summed E-state index contributed by atoms with van der Waals surface area (Å²) in [6, 6.07) is 6.85. The van der Waals surface area contributed by atoms with Crippen LogP contribution in [-0.4, -0.2) is 49.7 Å². The minimum atomic E-state index is -0.392. The molecule has 3 fully saturated rings. The number of anilines is 1. The van der Waals surface area contributed by atoms with Crippen molar-refractivity contribution in [1.29, 1.82) is 5.26 Å². The second-order valence-corrected chi connectivity index (χ2v) is 7.68. The van der Waals surface area contributed by atoms with Crippen molar-refractivity contribution in [1.82, 2.24) is 4.90 Å². The van der Waals surface area contributed by atoms with Crippen molar-refractivity contribution in [2.24, 2.45) is 5.41 Å². The summed E-state index contributed by atoms with van der Waals surface area (Å²) < 4.78 is 19.9. The van der Waals surface area contributed by atoms with Gasteiger partial charge in [0, 0.05) is 38.9 Å². The Morgan fingerprint density at radius 2 is 2.04 bits per heavy atom. The van der Waals surface area contributed by atoms with E-state index in [1.165, 1.54) is 6.07 Å². The molecule has 1 atom stereocenters. The van der Waals surface area contributed by atoms with Gasteiger partial charge in [-0.05, 0) is 50.3 Å². The van der Waals surface area contributed by atoms with Crippen LogP contribution in [0.15, 0.2) is 18.2 Å². The van der Waals surface area contributed by atoms with E-state index in [-0.39, 0.29) is 17.8 Å². The molecular weight excluding hydrogens is 333 g/mol. The van der Waals surface area contributed by atoms with Gasteiger partial charge in [-0.15, -0.1) is 0 Å². The van der Waals surface area contributed by atoms with Crippen LogP contribution in [0.4, 0.5) is 10.1 Å². The second kappa shape index (κ2) is 6.88. The van der Waals surface area contributed by atoms with Crippen molar-refractivity contribution in [2.75, 3.05) is 37.7 Å². The van der Waals surface area contributed by atoms with E-state index in [1.54, 1.807) is 12.1 Å². The summed E-state index contributed by atoms with van der Waals surface area (Å²) in [6.45, 7) is 3.56. The lowest BCUT2D eigenvalue weighted by Crippen LogP contribution is -2.50. The van der Waals surface area contributed by atoms with E-state index in [1.807, 2.05) is 11.0 Å². The molecule has 0 N–H and O–H groups in total. The fourth-order valence-electron chi connectivity index (χ4n) is 4.74. The molecule has 1 amide bonds. The molecule has 3 heterocycles. The van der Waals surface area contributed by atoms with Crippen molar-refractivity contribution in [3.05, 3.63) is 29.6 Å². The molecular formula is C20H24FN3O2. The maximum Gasteiger partial charge on any atom is 0.230 e. The quantitative estimate of drug-likeness (QED) is 0.817. The Balaban J connectivity index is 1.53. The van der Waals surface area contributed by atoms with Crippen molar-refractivity contribution in [3.63, 3.8) is 0 Å². The Bertz CT molecular complexity index is 741. The Kier molecular flexibility index (Phi) is 4.58. The second-order valence-electron chi connectivity index (χ2n) is 7.68. The molecule has 138 valence electrons. The molecule has 3 aliphatic heterocycles. The SMILES string of the molecule is N#Cc1ccc(N2CCC[C@]3(CCN(C4CCOCC4)C3=O)C2)c(F)c1. The lowest BCUT2D eigenvalue weighted by Gasteiger charge is -2.41. The first-order valence-electron chi connectivity index (χ1n) is 9.46. The highest BCUT2D eigenvalue weighted by molar-refractivity contribution is 5.86. The van der Waals surface area contributed by atoms with Crippen LogP contribution in [0.2, 0.25) is 0 Å². The molecule has 6 heteroatoms. The largest absolute Gasteiger partial charge is 0.381 e. The number of carbonyl (C=O) groups is 1. The van der Waals surface area contributed by atoms with E-state index in [2.05, 4.69) is 4.90 Å². The van der Waals surface area contributed by atoms with Gasteiger partial charge in [0.1, 0.15) is 5.82 Å². The van der Waals surface area contributed by atoms with Crippen LogP contribution in [0, 0.1) is 22.6 Å². The van der Waals surface area contributed by atoms with E-state index >= 15 is 0 Å². The van der Waals surface area contributed by atoms with E-state index in [9.17, 15) is 9.18 Å². The van der Waals surface area contributed by atoms with Crippen molar-refractivity contribution in [2.45, 2.75) is 38.1 Å². The van der Waals surface area contributed by atoms with Crippen LogP contribution in [0.3, 0.4) is 0 Å². The lowest BCUT2D eigenvalue weighted by atomic mass is 9.78. The van der Waals surface area contributed by atoms with Gasteiger partial charge in [0.25, 0.3) is 0 Å². The van der Waals surface area contributed by atoms with E-state index in [4.69, 9.17) is 10.00 Å². The normalized spacial score (nSPS) is 27.2. The number of rotatable bonds is 2. The monoisotopic (exact) mass is 357 g/mol. The van der Waals surface area contributed by atoms with Gasteiger partial charge >= 0.3 is 0 Å². The van der Waals surface area contributed by atoms with Gasteiger partial charge < -0.3 is 14.5 Å². The van der Waals surface area contributed by atoms with Crippen LogP contribution in [0.5, 0.6) is 0 Å².